The Morgan fingerprint density at radius 2 is 1.00 bits per heavy atom. The van der Waals surface area contributed by atoms with Gasteiger partial charge in [-0.05, 0) is 68.8 Å². The third-order valence-electron chi connectivity index (χ3n) is 11.2. The average molecular weight is 689 g/mol. The Morgan fingerprint density at radius 3 is 1.76 bits per heavy atom. The third kappa shape index (κ3) is 4.49. The summed E-state index contributed by atoms with van der Waals surface area (Å²) < 4.78 is 6.81. The number of benzene rings is 8. The minimum Gasteiger partial charge on any atom is -0.456 e. The molecule has 0 aliphatic heterocycles. The molecule has 0 N–H and O–H groups in total. The molecule has 54 heavy (non-hydrogen) atoms. The van der Waals surface area contributed by atoms with Crippen molar-refractivity contribution in [3.8, 4) is 44.9 Å². The molecule has 252 valence electrons. The Balaban J connectivity index is 1.14. The molecular weight excluding hydrogens is 657 g/mol. The standard InChI is InChI=1S/C51H32N2O/c1-4-15-33(16-5-1)34-27-29-35(30-28-34)49-39-22-11-13-25-45(39)52-50(53-49)40-23-14-26-46-48(40)42-31-41-38-21-10-12-24-43(38)51(36-17-6-2-7-18-36,37-19-8-3-9-20-37)44(41)32-47(42)54-46/h1-32H. The lowest BCUT2D eigenvalue weighted by Crippen LogP contribution is -2.28. The summed E-state index contributed by atoms with van der Waals surface area (Å²) in [6.07, 6.45) is 0. The van der Waals surface area contributed by atoms with E-state index < -0.39 is 5.41 Å². The summed E-state index contributed by atoms with van der Waals surface area (Å²) in [7, 11) is 0. The van der Waals surface area contributed by atoms with Crippen LogP contribution < -0.4 is 0 Å². The minimum atomic E-state index is -0.503. The second-order valence-corrected chi connectivity index (χ2v) is 14.1. The highest BCUT2D eigenvalue weighted by Gasteiger charge is 2.46. The van der Waals surface area contributed by atoms with Crippen LogP contribution in [0.3, 0.4) is 0 Å². The number of hydrogen-bond acceptors (Lipinski definition) is 3. The van der Waals surface area contributed by atoms with Crippen molar-refractivity contribution in [1.29, 1.82) is 0 Å². The van der Waals surface area contributed by atoms with Gasteiger partial charge in [0.25, 0.3) is 0 Å². The number of furan rings is 1. The van der Waals surface area contributed by atoms with Crippen LogP contribution in [0.15, 0.2) is 199 Å². The molecule has 2 heterocycles. The minimum absolute atomic E-state index is 0.503. The van der Waals surface area contributed by atoms with E-state index in [0.717, 1.165) is 49.7 Å². The lowest BCUT2D eigenvalue weighted by atomic mass is 9.67. The van der Waals surface area contributed by atoms with E-state index in [0.29, 0.717) is 5.82 Å². The Kier molecular flexibility index (Phi) is 6.77. The molecule has 1 aliphatic carbocycles. The van der Waals surface area contributed by atoms with Crippen LogP contribution in [0.5, 0.6) is 0 Å². The molecule has 8 aromatic carbocycles. The van der Waals surface area contributed by atoms with Gasteiger partial charge in [-0.2, -0.15) is 0 Å². The molecular formula is C51H32N2O. The van der Waals surface area contributed by atoms with Crippen LogP contribution >= 0.6 is 0 Å². The zero-order chi connectivity index (χ0) is 35.6. The van der Waals surface area contributed by atoms with Crippen molar-refractivity contribution < 1.29 is 4.42 Å². The van der Waals surface area contributed by atoms with Gasteiger partial charge in [-0.25, -0.2) is 9.97 Å². The van der Waals surface area contributed by atoms with Crippen LogP contribution in [-0.4, -0.2) is 9.97 Å². The Bertz CT molecular complexity index is 2980. The molecule has 3 nitrogen and oxygen atoms in total. The highest BCUT2D eigenvalue weighted by Crippen LogP contribution is 2.57. The molecule has 0 radical (unpaired) electrons. The van der Waals surface area contributed by atoms with Crippen LogP contribution in [0.25, 0.3) is 77.7 Å². The monoisotopic (exact) mass is 688 g/mol. The predicted octanol–water partition coefficient (Wildman–Crippen LogP) is 12.9. The van der Waals surface area contributed by atoms with Crippen molar-refractivity contribution in [3.05, 3.63) is 216 Å². The fraction of sp³-hybridized carbons (Fsp3) is 0.0196. The maximum absolute atomic E-state index is 6.81. The van der Waals surface area contributed by atoms with Crippen LogP contribution in [0.2, 0.25) is 0 Å². The maximum Gasteiger partial charge on any atom is 0.161 e. The number of aromatic nitrogens is 2. The summed E-state index contributed by atoms with van der Waals surface area (Å²) in [5.41, 5.74) is 14.7. The van der Waals surface area contributed by atoms with Gasteiger partial charge in [-0.15, -0.1) is 0 Å². The molecule has 0 unspecified atom stereocenters. The quantitative estimate of drug-likeness (QED) is 0.181. The van der Waals surface area contributed by atoms with Crippen LogP contribution in [-0.2, 0) is 5.41 Å². The van der Waals surface area contributed by atoms with E-state index in [-0.39, 0.29) is 0 Å². The van der Waals surface area contributed by atoms with Gasteiger partial charge in [0, 0.05) is 27.3 Å². The molecule has 0 saturated carbocycles. The van der Waals surface area contributed by atoms with E-state index in [1.807, 2.05) is 18.2 Å². The summed E-state index contributed by atoms with van der Waals surface area (Å²) in [6.45, 7) is 0. The summed E-state index contributed by atoms with van der Waals surface area (Å²) in [4.78, 5) is 10.5. The first kappa shape index (κ1) is 30.5. The van der Waals surface area contributed by atoms with Crippen molar-refractivity contribution in [2.24, 2.45) is 0 Å². The maximum atomic E-state index is 6.81. The smallest absolute Gasteiger partial charge is 0.161 e. The highest BCUT2D eigenvalue weighted by molar-refractivity contribution is 6.14. The first-order valence-electron chi connectivity index (χ1n) is 18.4. The number of hydrogen-bond donors (Lipinski definition) is 0. The summed E-state index contributed by atoms with van der Waals surface area (Å²) >= 11 is 0. The van der Waals surface area contributed by atoms with Crippen LogP contribution in [0.1, 0.15) is 22.3 Å². The zero-order valence-electron chi connectivity index (χ0n) is 29.3. The molecule has 3 heteroatoms. The van der Waals surface area contributed by atoms with E-state index in [1.54, 1.807) is 0 Å². The first-order chi connectivity index (χ1) is 26.8. The van der Waals surface area contributed by atoms with E-state index >= 15 is 0 Å². The largest absolute Gasteiger partial charge is 0.456 e. The lowest BCUT2D eigenvalue weighted by Gasteiger charge is -2.33. The number of fused-ring (bicyclic) bond motifs is 7. The van der Waals surface area contributed by atoms with Gasteiger partial charge in [0.15, 0.2) is 5.82 Å². The van der Waals surface area contributed by atoms with Crippen molar-refractivity contribution in [1.82, 2.24) is 9.97 Å². The number of para-hydroxylation sites is 1. The van der Waals surface area contributed by atoms with Gasteiger partial charge in [-0.1, -0.05) is 170 Å². The fourth-order valence-electron chi connectivity index (χ4n) is 8.81. The second-order valence-electron chi connectivity index (χ2n) is 14.1. The van der Waals surface area contributed by atoms with E-state index in [1.165, 1.54) is 44.5 Å². The molecule has 1 aliphatic rings. The number of rotatable bonds is 5. The van der Waals surface area contributed by atoms with Gasteiger partial charge in [0.2, 0.25) is 0 Å². The van der Waals surface area contributed by atoms with E-state index in [2.05, 4.69) is 176 Å². The Labute approximate surface area is 312 Å². The molecule has 0 bridgehead atoms. The molecule has 10 aromatic rings. The average Bonchev–Trinajstić information content (AvgIpc) is 3.76. The van der Waals surface area contributed by atoms with Crippen LogP contribution in [0, 0.1) is 0 Å². The summed E-state index contributed by atoms with van der Waals surface area (Å²) in [5.74, 6) is 0.674. The second kappa shape index (κ2) is 12.0. The van der Waals surface area contributed by atoms with Gasteiger partial charge >= 0.3 is 0 Å². The molecule has 0 fully saturated rings. The molecule has 0 spiro atoms. The molecule has 0 atom stereocenters. The lowest BCUT2D eigenvalue weighted by molar-refractivity contribution is 0.666. The topological polar surface area (TPSA) is 38.9 Å². The highest BCUT2D eigenvalue weighted by atomic mass is 16.3. The van der Waals surface area contributed by atoms with Gasteiger partial charge in [0.1, 0.15) is 11.2 Å². The Hall–Kier alpha value is -7.10. The molecule has 0 saturated heterocycles. The molecule has 0 amide bonds. The summed E-state index contributed by atoms with van der Waals surface area (Å²) in [6, 6.07) is 68.9. The number of nitrogens with zero attached hydrogens (tertiary/aromatic N) is 2. The Morgan fingerprint density at radius 1 is 0.389 bits per heavy atom. The molecule has 11 rings (SSSR count). The predicted molar refractivity (Wildman–Crippen MR) is 220 cm³/mol. The zero-order valence-corrected chi connectivity index (χ0v) is 29.3. The van der Waals surface area contributed by atoms with Gasteiger partial charge < -0.3 is 4.42 Å². The third-order valence-corrected chi connectivity index (χ3v) is 11.2. The normalized spacial score (nSPS) is 13.0. The van der Waals surface area contributed by atoms with Crippen molar-refractivity contribution in [2.75, 3.05) is 0 Å². The molecule has 2 aromatic heterocycles. The van der Waals surface area contributed by atoms with Crippen molar-refractivity contribution in [2.45, 2.75) is 5.41 Å². The van der Waals surface area contributed by atoms with Gasteiger partial charge in [-0.3, -0.25) is 0 Å². The van der Waals surface area contributed by atoms with Gasteiger partial charge in [0.05, 0.1) is 16.6 Å². The van der Waals surface area contributed by atoms with E-state index in [9.17, 15) is 0 Å². The SMILES string of the molecule is c1ccc(-c2ccc(-c3nc(-c4cccc5oc6cc7c(cc6c45)-c4ccccc4C7(c4ccccc4)c4ccccc4)nc4ccccc34)cc2)cc1. The first-order valence-corrected chi connectivity index (χ1v) is 18.4. The van der Waals surface area contributed by atoms with E-state index in [4.69, 9.17) is 14.4 Å². The fourth-order valence-corrected chi connectivity index (χ4v) is 8.81. The van der Waals surface area contributed by atoms with Crippen molar-refractivity contribution >= 4 is 32.8 Å². The summed E-state index contributed by atoms with van der Waals surface area (Å²) in [5, 5.41) is 3.09. The van der Waals surface area contributed by atoms with Crippen LogP contribution in [0.4, 0.5) is 0 Å². The van der Waals surface area contributed by atoms with Crippen molar-refractivity contribution in [3.63, 3.8) is 0 Å².